The summed E-state index contributed by atoms with van der Waals surface area (Å²) in [6.45, 7) is 1.69. The number of aromatic nitrogens is 1. The lowest BCUT2D eigenvalue weighted by Gasteiger charge is -1.82. The van der Waals surface area contributed by atoms with Gasteiger partial charge in [-0.25, -0.2) is 0 Å². The quantitative estimate of drug-likeness (QED) is 0.637. The van der Waals surface area contributed by atoms with Crippen LogP contribution < -0.4 is 5.73 Å². The molecule has 0 spiro atoms. The Morgan fingerprint density at radius 2 is 2.25 bits per heavy atom. The normalized spacial score (nSPS) is 8.17. The van der Waals surface area contributed by atoms with Gasteiger partial charge < -0.3 is 10.8 Å². The second-order valence-corrected chi connectivity index (χ2v) is 2.07. The monoisotopic (exact) mass is 168 g/mol. The minimum absolute atomic E-state index is 0.278. The molecule has 0 aliphatic carbocycles. The molecule has 12 heavy (non-hydrogen) atoms. The van der Waals surface area contributed by atoms with E-state index in [2.05, 4.69) is 10.7 Å². The van der Waals surface area contributed by atoms with Gasteiger partial charge in [0, 0.05) is 11.9 Å². The van der Waals surface area contributed by atoms with Crippen molar-refractivity contribution in [2.24, 2.45) is 5.73 Å². The molecule has 0 amide bonds. The fourth-order valence-corrected chi connectivity index (χ4v) is 0.448. The molecule has 3 N–H and O–H groups in total. The van der Waals surface area contributed by atoms with Crippen LogP contribution in [0.4, 0.5) is 0 Å². The zero-order valence-corrected chi connectivity index (χ0v) is 6.90. The summed E-state index contributed by atoms with van der Waals surface area (Å²) < 4.78 is 0. The number of hydrogen-bond acceptors (Lipinski definition) is 3. The Balaban J connectivity index is 0.000000217. The standard InChI is InChI=1S/C6H7N.C2H5NO2/c1-6-4-2-3-5-7-6;3-1-2(4)5/h2-5H,1H3;1,3H2,(H,4,5). The van der Waals surface area contributed by atoms with Crippen molar-refractivity contribution in [1.82, 2.24) is 4.98 Å². The molecule has 0 fully saturated rings. The molecule has 1 rings (SSSR count). The van der Waals surface area contributed by atoms with E-state index in [1.165, 1.54) is 0 Å². The minimum Gasteiger partial charge on any atom is -0.480 e. The number of carboxylic acids is 1. The van der Waals surface area contributed by atoms with Crippen molar-refractivity contribution in [3.63, 3.8) is 0 Å². The summed E-state index contributed by atoms with van der Waals surface area (Å²) in [5, 5.41) is 7.60. The van der Waals surface area contributed by atoms with Crippen LogP contribution in [-0.4, -0.2) is 22.6 Å². The molecule has 1 heterocycles. The van der Waals surface area contributed by atoms with E-state index in [1.54, 1.807) is 6.20 Å². The zero-order valence-electron chi connectivity index (χ0n) is 6.90. The number of aliphatic carboxylic acids is 1. The molecule has 4 nitrogen and oxygen atoms in total. The summed E-state index contributed by atoms with van der Waals surface area (Å²) in [5.41, 5.74) is 5.64. The van der Waals surface area contributed by atoms with Gasteiger partial charge in [0.2, 0.25) is 0 Å². The molecular formula is C8H12N2O2. The Morgan fingerprint density at radius 1 is 1.67 bits per heavy atom. The molecule has 1 aromatic rings. The molecule has 0 saturated carbocycles. The lowest BCUT2D eigenvalue weighted by Crippen LogP contribution is -2.10. The van der Waals surface area contributed by atoms with Crippen LogP contribution in [0.5, 0.6) is 0 Å². The maximum Gasteiger partial charge on any atom is 0.317 e. The number of rotatable bonds is 1. The average molecular weight is 168 g/mol. The van der Waals surface area contributed by atoms with Crippen LogP contribution in [0.3, 0.4) is 0 Å². The molecule has 0 atom stereocenters. The van der Waals surface area contributed by atoms with Crippen molar-refractivity contribution in [3.05, 3.63) is 30.1 Å². The molecule has 0 saturated heterocycles. The number of hydrogen-bond donors (Lipinski definition) is 2. The number of carboxylic acid groups (broad SMARTS) is 1. The smallest absolute Gasteiger partial charge is 0.317 e. The van der Waals surface area contributed by atoms with Gasteiger partial charge in [0.25, 0.3) is 0 Å². The van der Waals surface area contributed by atoms with E-state index in [-0.39, 0.29) is 6.54 Å². The van der Waals surface area contributed by atoms with Gasteiger partial charge >= 0.3 is 5.97 Å². The number of nitrogens with zero attached hydrogens (tertiary/aromatic N) is 1. The summed E-state index contributed by atoms with van der Waals surface area (Å²) >= 11 is 0. The van der Waals surface area contributed by atoms with Crippen molar-refractivity contribution in [1.29, 1.82) is 0 Å². The second-order valence-electron chi connectivity index (χ2n) is 2.07. The summed E-state index contributed by atoms with van der Waals surface area (Å²) in [5.74, 6) is -0.968. The fourth-order valence-electron chi connectivity index (χ4n) is 0.448. The summed E-state index contributed by atoms with van der Waals surface area (Å²) in [6, 6.07) is 5.86. The first-order valence-corrected chi connectivity index (χ1v) is 3.46. The highest BCUT2D eigenvalue weighted by Crippen LogP contribution is 1.85. The van der Waals surface area contributed by atoms with Crippen LogP contribution in [0, 0.1) is 6.92 Å². The van der Waals surface area contributed by atoms with Gasteiger partial charge in [0.15, 0.2) is 0 Å². The van der Waals surface area contributed by atoms with E-state index in [9.17, 15) is 4.79 Å². The zero-order chi connectivity index (χ0) is 9.40. The van der Waals surface area contributed by atoms with Crippen LogP contribution in [-0.2, 0) is 4.79 Å². The number of pyridine rings is 1. The molecular weight excluding hydrogens is 156 g/mol. The Kier molecular flexibility index (Phi) is 5.55. The summed E-state index contributed by atoms with van der Waals surface area (Å²) in [4.78, 5) is 13.2. The third-order valence-corrected chi connectivity index (χ3v) is 0.987. The van der Waals surface area contributed by atoms with Crippen molar-refractivity contribution in [3.8, 4) is 0 Å². The van der Waals surface area contributed by atoms with Gasteiger partial charge in [0.05, 0.1) is 6.54 Å². The topological polar surface area (TPSA) is 76.2 Å². The van der Waals surface area contributed by atoms with Gasteiger partial charge in [-0.3, -0.25) is 9.78 Å². The van der Waals surface area contributed by atoms with Gasteiger partial charge in [0.1, 0.15) is 0 Å². The van der Waals surface area contributed by atoms with Crippen LogP contribution in [0.1, 0.15) is 5.69 Å². The first-order chi connectivity index (χ1) is 5.66. The Labute approximate surface area is 71.0 Å². The lowest BCUT2D eigenvalue weighted by molar-refractivity contribution is -0.135. The van der Waals surface area contributed by atoms with Crippen LogP contribution >= 0.6 is 0 Å². The molecule has 0 aromatic carbocycles. The van der Waals surface area contributed by atoms with Gasteiger partial charge in [-0.2, -0.15) is 0 Å². The molecule has 1 aromatic heterocycles. The predicted octanol–water partition coefficient (Wildman–Crippen LogP) is 0.420. The second kappa shape index (κ2) is 6.30. The van der Waals surface area contributed by atoms with Crippen LogP contribution in [0.15, 0.2) is 24.4 Å². The maximum atomic E-state index is 9.24. The predicted molar refractivity (Wildman–Crippen MR) is 45.7 cm³/mol. The summed E-state index contributed by atoms with van der Waals surface area (Å²) in [6.07, 6.45) is 1.79. The number of carbonyl (C=O) groups is 1. The molecule has 0 unspecified atom stereocenters. The largest absolute Gasteiger partial charge is 0.480 e. The third kappa shape index (κ3) is 6.70. The number of nitrogens with two attached hydrogens (primary N) is 1. The van der Waals surface area contributed by atoms with E-state index in [0.717, 1.165) is 5.69 Å². The van der Waals surface area contributed by atoms with E-state index in [4.69, 9.17) is 5.11 Å². The Morgan fingerprint density at radius 3 is 2.42 bits per heavy atom. The van der Waals surface area contributed by atoms with Crippen LogP contribution in [0.2, 0.25) is 0 Å². The Hall–Kier alpha value is -1.42. The van der Waals surface area contributed by atoms with Crippen LogP contribution in [0.25, 0.3) is 0 Å². The minimum atomic E-state index is -0.968. The third-order valence-electron chi connectivity index (χ3n) is 0.987. The van der Waals surface area contributed by atoms with E-state index < -0.39 is 5.97 Å². The highest BCUT2D eigenvalue weighted by Gasteiger charge is 1.81. The molecule has 0 aliphatic heterocycles. The van der Waals surface area contributed by atoms with Crippen molar-refractivity contribution >= 4 is 5.97 Å². The average Bonchev–Trinajstić information content (AvgIpc) is 2.07. The highest BCUT2D eigenvalue weighted by molar-refractivity contribution is 5.68. The van der Waals surface area contributed by atoms with Crippen molar-refractivity contribution in [2.75, 3.05) is 6.54 Å². The SMILES string of the molecule is Cc1ccccn1.NCC(=O)O. The van der Waals surface area contributed by atoms with E-state index >= 15 is 0 Å². The highest BCUT2D eigenvalue weighted by atomic mass is 16.4. The number of aryl methyl sites for hydroxylation is 1. The first-order valence-electron chi connectivity index (χ1n) is 3.46. The molecule has 4 heteroatoms. The van der Waals surface area contributed by atoms with Gasteiger partial charge in [-0.1, -0.05) is 6.07 Å². The summed E-state index contributed by atoms with van der Waals surface area (Å²) in [7, 11) is 0. The molecule has 0 radical (unpaired) electrons. The van der Waals surface area contributed by atoms with E-state index in [0.29, 0.717) is 0 Å². The lowest BCUT2D eigenvalue weighted by atomic mass is 10.4. The molecule has 0 aliphatic rings. The first kappa shape index (κ1) is 10.6. The van der Waals surface area contributed by atoms with Gasteiger partial charge in [-0.15, -0.1) is 0 Å². The maximum absolute atomic E-state index is 9.24. The van der Waals surface area contributed by atoms with Crippen molar-refractivity contribution in [2.45, 2.75) is 6.92 Å². The molecule has 66 valence electrons. The van der Waals surface area contributed by atoms with Gasteiger partial charge in [-0.05, 0) is 19.1 Å². The van der Waals surface area contributed by atoms with E-state index in [1.807, 2.05) is 25.1 Å². The van der Waals surface area contributed by atoms with Crippen molar-refractivity contribution < 1.29 is 9.90 Å². The Bertz CT molecular complexity index is 224. The fraction of sp³-hybridized carbons (Fsp3) is 0.250. The molecule has 0 bridgehead atoms.